The fourth-order valence-electron chi connectivity index (χ4n) is 3.68. The minimum absolute atomic E-state index is 0.0564. The van der Waals surface area contributed by atoms with Crippen molar-refractivity contribution in [3.05, 3.63) is 108 Å². The Balaban J connectivity index is 2.00. The summed E-state index contributed by atoms with van der Waals surface area (Å²) in [5, 5.41) is 13.4. The maximum atomic E-state index is 13.7. The first-order valence-corrected chi connectivity index (χ1v) is 10.6. The van der Waals surface area contributed by atoms with Crippen LogP contribution in [0, 0.1) is 0 Å². The van der Waals surface area contributed by atoms with Crippen molar-refractivity contribution in [2.45, 2.75) is 18.1 Å². The Bertz CT molecular complexity index is 1180. The van der Waals surface area contributed by atoms with Gasteiger partial charge in [-0.1, -0.05) is 30.3 Å². The molecule has 0 fully saturated rings. The molecule has 4 rings (SSSR count). The monoisotopic (exact) mass is 468 g/mol. The number of nitrogens with one attached hydrogen (secondary N) is 1. The highest BCUT2D eigenvalue weighted by molar-refractivity contribution is 7.27. The third kappa shape index (κ3) is 5.12. The topological polar surface area (TPSA) is 70.9 Å². The van der Waals surface area contributed by atoms with E-state index in [1.165, 1.54) is 12.3 Å². The molecule has 0 spiro atoms. The maximum Gasteiger partial charge on any atom is 0.416 e. The molecular formula is C24H20F3N4OP. The van der Waals surface area contributed by atoms with E-state index in [2.05, 4.69) is 29.5 Å². The van der Waals surface area contributed by atoms with Crippen LogP contribution in [-0.2, 0) is 18.1 Å². The van der Waals surface area contributed by atoms with Crippen molar-refractivity contribution in [3.8, 4) is 5.75 Å². The highest BCUT2D eigenvalue weighted by Crippen LogP contribution is 2.38. The van der Waals surface area contributed by atoms with Crippen LogP contribution in [0.2, 0.25) is 0 Å². The van der Waals surface area contributed by atoms with Crippen LogP contribution in [0.3, 0.4) is 0 Å². The fourth-order valence-corrected chi connectivity index (χ4v) is 4.04. The predicted molar refractivity (Wildman–Crippen MR) is 123 cm³/mol. The van der Waals surface area contributed by atoms with Gasteiger partial charge in [0.1, 0.15) is 11.3 Å². The summed E-state index contributed by atoms with van der Waals surface area (Å²) in [6, 6.07) is 17.9. The number of aromatic hydroxyl groups is 1. The summed E-state index contributed by atoms with van der Waals surface area (Å²) in [5.74, 6) is 0.171. The van der Waals surface area contributed by atoms with Crippen molar-refractivity contribution in [1.29, 1.82) is 0 Å². The Labute approximate surface area is 191 Å². The summed E-state index contributed by atoms with van der Waals surface area (Å²) >= 11 is 0. The smallest absolute Gasteiger partial charge is 0.416 e. The number of hydrogen-bond donors (Lipinski definition) is 2. The number of pyridine rings is 1. The molecule has 2 N–H and O–H groups in total. The van der Waals surface area contributed by atoms with Crippen LogP contribution in [0.1, 0.15) is 22.4 Å². The normalized spacial score (nSPS) is 13.3. The number of rotatable bonds is 6. The molecule has 0 aliphatic rings. The molecule has 4 aromatic rings. The maximum absolute atomic E-state index is 13.7. The molecule has 5 nitrogen and oxygen atoms in total. The average molecular weight is 468 g/mol. The van der Waals surface area contributed by atoms with Gasteiger partial charge in [-0.2, -0.15) is 13.2 Å². The lowest BCUT2D eigenvalue weighted by Gasteiger charge is -2.36. The highest BCUT2D eigenvalue weighted by Gasteiger charge is 2.40. The number of halogens is 3. The van der Waals surface area contributed by atoms with E-state index >= 15 is 0 Å². The molecule has 0 amide bonds. The summed E-state index contributed by atoms with van der Waals surface area (Å²) in [6.45, 7) is 0. The zero-order chi connectivity index (χ0) is 23.5. The second-order valence-corrected chi connectivity index (χ2v) is 8.17. The Morgan fingerprint density at radius 3 is 2.18 bits per heavy atom. The molecule has 2 heterocycles. The van der Waals surface area contributed by atoms with E-state index in [0.717, 1.165) is 17.7 Å². The molecule has 0 radical (unpaired) electrons. The third-order valence-electron chi connectivity index (χ3n) is 5.16. The molecule has 0 saturated heterocycles. The molecule has 0 aliphatic carbocycles. The molecule has 33 heavy (non-hydrogen) atoms. The SMILES string of the molecule is Oc1ccc(C(Cc2ccccc2)(Nc2ncccn2)c2cc(P)cc(C(F)(F)F)c2)nc1. The number of benzene rings is 2. The minimum atomic E-state index is -4.54. The molecule has 0 saturated carbocycles. The van der Waals surface area contributed by atoms with Crippen LogP contribution >= 0.6 is 9.24 Å². The van der Waals surface area contributed by atoms with Crippen molar-refractivity contribution < 1.29 is 18.3 Å². The number of aromatic nitrogens is 3. The lowest BCUT2D eigenvalue weighted by atomic mass is 9.80. The first kappa shape index (κ1) is 22.7. The van der Waals surface area contributed by atoms with Gasteiger partial charge in [-0.15, -0.1) is 9.24 Å². The van der Waals surface area contributed by atoms with Gasteiger partial charge in [-0.25, -0.2) is 9.97 Å². The Morgan fingerprint density at radius 2 is 1.55 bits per heavy atom. The third-order valence-corrected chi connectivity index (χ3v) is 5.50. The molecule has 9 heteroatoms. The summed E-state index contributed by atoms with van der Waals surface area (Å²) in [7, 11) is 2.34. The van der Waals surface area contributed by atoms with Gasteiger partial charge in [0.25, 0.3) is 0 Å². The minimum Gasteiger partial charge on any atom is -0.506 e. The Hall–Kier alpha value is -3.51. The zero-order valence-electron chi connectivity index (χ0n) is 17.3. The molecule has 2 atom stereocenters. The van der Waals surface area contributed by atoms with E-state index in [1.807, 2.05) is 30.3 Å². The quantitative estimate of drug-likeness (QED) is 0.402. The largest absolute Gasteiger partial charge is 0.506 e. The van der Waals surface area contributed by atoms with E-state index in [0.29, 0.717) is 16.6 Å². The van der Waals surface area contributed by atoms with E-state index in [1.54, 1.807) is 30.6 Å². The number of nitrogens with zero attached hydrogens (tertiary/aromatic N) is 3. The Kier molecular flexibility index (Phi) is 6.29. The van der Waals surface area contributed by atoms with Crippen molar-refractivity contribution in [1.82, 2.24) is 15.0 Å². The second kappa shape index (κ2) is 9.16. The fraction of sp³-hybridized carbons (Fsp3) is 0.125. The van der Waals surface area contributed by atoms with Crippen LogP contribution in [0.25, 0.3) is 0 Å². The summed E-state index contributed by atoms with van der Waals surface area (Å²) in [5.41, 5.74) is -0.462. The number of hydrogen-bond acceptors (Lipinski definition) is 5. The van der Waals surface area contributed by atoms with Gasteiger partial charge in [0.2, 0.25) is 5.95 Å². The predicted octanol–water partition coefficient (Wildman–Crippen LogP) is 4.69. The molecule has 2 unspecified atom stereocenters. The molecule has 0 aliphatic heterocycles. The number of alkyl halides is 3. The van der Waals surface area contributed by atoms with Gasteiger partial charge in [-0.05, 0) is 52.8 Å². The summed E-state index contributed by atoms with van der Waals surface area (Å²) < 4.78 is 41.2. The average Bonchev–Trinajstić information content (AvgIpc) is 2.79. The Morgan fingerprint density at radius 1 is 0.848 bits per heavy atom. The molecule has 168 valence electrons. The molecule has 2 aromatic heterocycles. The van der Waals surface area contributed by atoms with Crippen molar-refractivity contribution in [2.75, 3.05) is 5.32 Å². The van der Waals surface area contributed by atoms with E-state index in [4.69, 9.17) is 0 Å². The molecule has 2 aromatic carbocycles. The van der Waals surface area contributed by atoms with Crippen LogP contribution in [-0.4, -0.2) is 20.1 Å². The lowest BCUT2D eigenvalue weighted by Crippen LogP contribution is -2.41. The van der Waals surface area contributed by atoms with Crippen LogP contribution < -0.4 is 10.6 Å². The van der Waals surface area contributed by atoms with Crippen molar-refractivity contribution >= 4 is 20.5 Å². The lowest BCUT2D eigenvalue weighted by molar-refractivity contribution is -0.137. The first-order valence-electron chi connectivity index (χ1n) is 9.99. The molecular weight excluding hydrogens is 448 g/mol. The van der Waals surface area contributed by atoms with Crippen LogP contribution in [0.15, 0.2) is 85.3 Å². The van der Waals surface area contributed by atoms with Crippen LogP contribution in [0.4, 0.5) is 19.1 Å². The van der Waals surface area contributed by atoms with Crippen LogP contribution in [0.5, 0.6) is 5.75 Å². The van der Waals surface area contributed by atoms with Gasteiger partial charge in [0, 0.05) is 18.8 Å². The first-order chi connectivity index (χ1) is 15.8. The zero-order valence-corrected chi connectivity index (χ0v) is 18.4. The van der Waals surface area contributed by atoms with E-state index < -0.39 is 17.3 Å². The van der Waals surface area contributed by atoms with Gasteiger partial charge < -0.3 is 10.4 Å². The highest BCUT2D eigenvalue weighted by atomic mass is 31.0. The summed E-state index contributed by atoms with van der Waals surface area (Å²) in [4.78, 5) is 12.9. The van der Waals surface area contributed by atoms with Gasteiger partial charge in [0.05, 0.1) is 17.5 Å². The van der Waals surface area contributed by atoms with Crippen molar-refractivity contribution in [3.63, 3.8) is 0 Å². The van der Waals surface area contributed by atoms with E-state index in [-0.39, 0.29) is 18.1 Å². The molecule has 0 bridgehead atoms. The van der Waals surface area contributed by atoms with Gasteiger partial charge in [-0.3, -0.25) is 4.98 Å². The van der Waals surface area contributed by atoms with Gasteiger partial charge in [0.15, 0.2) is 0 Å². The summed E-state index contributed by atoms with van der Waals surface area (Å²) in [6.07, 6.45) is 0.0543. The van der Waals surface area contributed by atoms with Crippen molar-refractivity contribution in [2.24, 2.45) is 0 Å². The second-order valence-electron chi connectivity index (χ2n) is 7.51. The van der Waals surface area contributed by atoms with Gasteiger partial charge >= 0.3 is 6.18 Å². The standard InChI is InChI=1S/C24H20F3N4OP/c25-24(26,27)18-11-17(12-20(33)13-18)23(14-16-5-2-1-3-6-16,21-8-7-19(32)15-30-21)31-22-28-9-4-10-29-22/h1-13,15,32H,14,33H2,(H,28,29,31). The van der Waals surface area contributed by atoms with E-state index in [9.17, 15) is 18.3 Å². The number of anilines is 1.